The molecular weight excluding hydrogens is 569 g/mol. The fourth-order valence-electron chi connectivity index (χ4n) is 4.86. The van der Waals surface area contributed by atoms with Crippen molar-refractivity contribution < 1.29 is 24.2 Å². The minimum absolute atomic E-state index is 0.0150. The van der Waals surface area contributed by atoms with Crippen molar-refractivity contribution in [2.75, 3.05) is 44.2 Å². The summed E-state index contributed by atoms with van der Waals surface area (Å²) < 4.78 is 12.1. The van der Waals surface area contributed by atoms with Crippen LogP contribution in [0.25, 0.3) is 10.9 Å². The van der Waals surface area contributed by atoms with E-state index in [1.54, 1.807) is 30.3 Å². The highest BCUT2D eigenvalue weighted by Gasteiger charge is 2.27. The maximum atomic E-state index is 12.7. The number of carbonyl (C=O) groups is 2. The Morgan fingerprint density at radius 1 is 1.00 bits per heavy atom. The van der Waals surface area contributed by atoms with Crippen LogP contribution in [0.2, 0.25) is 10.0 Å². The third-order valence-electron chi connectivity index (χ3n) is 6.95. The van der Waals surface area contributed by atoms with E-state index in [0.717, 1.165) is 55.8 Å². The average molecular weight is 605 g/mol. The van der Waals surface area contributed by atoms with Crippen molar-refractivity contribution in [1.29, 1.82) is 0 Å². The van der Waals surface area contributed by atoms with Crippen molar-refractivity contribution in [1.82, 2.24) is 9.47 Å². The number of ether oxygens (including phenoxy) is 2. The number of carbonyl (C=O) groups excluding carboxylic acids is 1. The Bertz CT molecular complexity index is 1440. The van der Waals surface area contributed by atoms with Gasteiger partial charge in [-0.25, -0.2) is 4.79 Å². The van der Waals surface area contributed by atoms with Gasteiger partial charge in [-0.15, -0.1) is 0 Å². The summed E-state index contributed by atoms with van der Waals surface area (Å²) in [7, 11) is 0. The van der Waals surface area contributed by atoms with Crippen LogP contribution >= 0.6 is 23.2 Å². The standard InChI is InChI=1S/C30H35Cl2N3O6/c1-20(2)18-27(37)41-29(30(38)39)35-25-19-22(10-8-21(25)9-11-26(35)36)40-17-4-3-12-33-13-15-34(16-14-33)24-7-5-6-23(31)28(24)32/h5-11,19-20,29H,3-4,12-18H2,1-2H3,(H,38,39). The van der Waals surface area contributed by atoms with Crippen LogP contribution in [-0.2, 0) is 14.3 Å². The van der Waals surface area contributed by atoms with Crippen molar-refractivity contribution in [3.8, 4) is 5.75 Å². The van der Waals surface area contributed by atoms with E-state index in [0.29, 0.717) is 33.3 Å². The minimum atomic E-state index is -1.77. The predicted molar refractivity (Wildman–Crippen MR) is 160 cm³/mol. The van der Waals surface area contributed by atoms with E-state index >= 15 is 0 Å². The Morgan fingerprint density at radius 2 is 1.73 bits per heavy atom. The lowest BCUT2D eigenvalue weighted by molar-refractivity contribution is -0.171. The molecule has 41 heavy (non-hydrogen) atoms. The number of nitrogens with zero attached hydrogens (tertiary/aromatic N) is 3. The van der Waals surface area contributed by atoms with Gasteiger partial charge < -0.3 is 19.5 Å². The molecule has 1 N–H and O–H groups in total. The summed E-state index contributed by atoms with van der Waals surface area (Å²) in [5.41, 5.74) is 0.700. The molecule has 1 saturated heterocycles. The zero-order valence-electron chi connectivity index (χ0n) is 23.2. The Labute approximate surface area is 249 Å². The summed E-state index contributed by atoms with van der Waals surface area (Å²) in [6, 6.07) is 13.7. The molecular formula is C30H35Cl2N3O6. The molecule has 0 bridgehead atoms. The lowest BCUT2D eigenvalue weighted by Crippen LogP contribution is -2.46. The summed E-state index contributed by atoms with van der Waals surface area (Å²) in [6.07, 6.45) is 0.0418. The van der Waals surface area contributed by atoms with Gasteiger partial charge in [0.2, 0.25) is 0 Å². The Morgan fingerprint density at radius 3 is 2.44 bits per heavy atom. The predicted octanol–water partition coefficient (Wildman–Crippen LogP) is 5.46. The molecule has 2 aromatic carbocycles. The number of rotatable bonds is 12. The second-order valence-corrected chi connectivity index (χ2v) is 11.3. The zero-order valence-corrected chi connectivity index (χ0v) is 24.7. The number of benzene rings is 2. The third kappa shape index (κ3) is 7.93. The van der Waals surface area contributed by atoms with Crippen LogP contribution in [0.1, 0.15) is 39.3 Å². The van der Waals surface area contributed by atoms with E-state index in [9.17, 15) is 19.5 Å². The van der Waals surface area contributed by atoms with E-state index in [-0.39, 0.29) is 12.3 Å². The molecule has 4 rings (SSSR count). The number of aliphatic carboxylic acids is 1. The van der Waals surface area contributed by atoms with Gasteiger partial charge in [0.25, 0.3) is 11.8 Å². The number of unbranched alkanes of at least 4 members (excludes halogenated alkanes) is 1. The molecule has 0 aliphatic carbocycles. The fraction of sp³-hybridized carbons (Fsp3) is 0.433. The summed E-state index contributed by atoms with van der Waals surface area (Å²) in [5, 5.41) is 11.6. The number of pyridine rings is 1. The number of esters is 1. The van der Waals surface area contributed by atoms with Crippen molar-refractivity contribution in [3.63, 3.8) is 0 Å². The van der Waals surface area contributed by atoms with Gasteiger partial charge in [0.05, 0.1) is 27.9 Å². The second-order valence-electron chi connectivity index (χ2n) is 10.5. The number of piperazine rings is 1. The molecule has 3 aromatic rings. The molecule has 1 aliphatic rings. The smallest absolute Gasteiger partial charge is 0.367 e. The van der Waals surface area contributed by atoms with E-state index in [1.165, 1.54) is 6.07 Å². The zero-order chi connectivity index (χ0) is 29.5. The Balaban J connectivity index is 1.32. The third-order valence-corrected chi connectivity index (χ3v) is 7.76. The first kappa shape index (κ1) is 30.7. The van der Waals surface area contributed by atoms with E-state index in [1.807, 2.05) is 26.0 Å². The number of anilines is 1. The summed E-state index contributed by atoms with van der Waals surface area (Å²) >= 11 is 12.6. The maximum absolute atomic E-state index is 12.7. The van der Waals surface area contributed by atoms with Crippen LogP contribution in [0.3, 0.4) is 0 Å². The van der Waals surface area contributed by atoms with Crippen LogP contribution < -0.4 is 15.2 Å². The fourth-order valence-corrected chi connectivity index (χ4v) is 5.28. The van der Waals surface area contributed by atoms with Crippen LogP contribution in [0.4, 0.5) is 5.69 Å². The van der Waals surface area contributed by atoms with Gasteiger partial charge in [-0.2, -0.15) is 0 Å². The Hall–Kier alpha value is -3.27. The summed E-state index contributed by atoms with van der Waals surface area (Å²) in [5.74, 6) is -1.63. The number of fused-ring (bicyclic) bond motifs is 1. The van der Waals surface area contributed by atoms with Crippen LogP contribution in [0.15, 0.2) is 53.3 Å². The van der Waals surface area contributed by atoms with Crippen molar-refractivity contribution in [3.05, 3.63) is 68.9 Å². The van der Waals surface area contributed by atoms with Crippen molar-refractivity contribution in [2.45, 2.75) is 39.3 Å². The Kier molecular flexibility index (Phi) is 10.5. The van der Waals surface area contributed by atoms with Gasteiger partial charge in [0.1, 0.15) is 5.75 Å². The molecule has 0 saturated carbocycles. The number of hydrogen-bond donors (Lipinski definition) is 1. The number of hydrogen-bond acceptors (Lipinski definition) is 7. The quantitative estimate of drug-likeness (QED) is 0.215. The first-order chi connectivity index (χ1) is 19.6. The lowest BCUT2D eigenvalue weighted by Gasteiger charge is -2.36. The van der Waals surface area contributed by atoms with Gasteiger partial charge >= 0.3 is 11.9 Å². The lowest BCUT2D eigenvalue weighted by atomic mass is 10.1. The molecule has 1 atom stereocenters. The van der Waals surface area contributed by atoms with Gasteiger partial charge in [-0.1, -0.05) is 43.1 Å². The SMILES string of the molecule is CC(C)CC(=O)OC(C(=O)O)n1c(=O)ccc2ccc(OCCCCN3CCN(c4cccc(Cl)c4Cl)CC3)cc21. The van der Waals surface area contributed by atoms with E-state index in [2.05, 4.69) is 9.80 Å². The topological polar surface area (TPSA) is 101 Å². The minimum Gasteiger partial charge on any atom is -0.494 e. The van der Waals surface area contributed by atoms with Crippen LogP contribution in [0.5, 0.6) is 5.75 Å². The number of carboxylic acid groups (broad SMARTS) is 1. The molecule has 0 radical (unpaired) electrons. The van der Waals surface area contributed by atoms with E-state index in [4.69, 9.17) is 32.7 Å². The molecule has 1 fully saturated rings. The monoisotopic (exact) mass is 603 g/mol. The highest BCUT2D eigenvalue weighted by atomic mass is 35.5. The number of carboxylic acids is 1. The van der Waals surface area contributed by atoms with Gasteiger partial charge in [0, 0.05) is 44.7 Å². The normalized spacial score (nSPS) is 14.8. The molecule has 11 heteroatoms. The maximum Gasteiger partial charge on any atom is 0.367 e. The average Bonchev–Trinajstić information content (AvgIpc) is 2.93. The highest BCUT2D eigenvalue weighted by molar-refractivity contribution is 6.43. The summed E-state index contributed by atoms with van der Waals surface area (Å²) in [6.45, 7) is 8.66. The molecule has 0 amide bonds. The molecule has 1 aliphatic heterocycles. The van der Waals surface area contributed by atoms with Crippen molar-refractivity contribution in [2.24, 2.45) is 5.92 Å². The van der Waals surface area contributed by atoms with Gasteiger partial charge in [-0.3, -0.25) is 19.1 Å². The first-order valence-electron chi connectivity index (χ1n) is 13.8. The molecule has 220 valence electrons. The number of aromatic nitrogens is 1. The van der Waals surface area contributed by atoms with Gasteiger partial charge in [0.15, 0.2) is 0 Å². The first-order valence-corrected chi connectivity index (χ1v) is 14.5. The van der Waals surface area contributed by atoms with E-state index < -0.39 is 23.7 Å². The molecule has 0 spiro atoms. The molecule has 9 nitrogen and oxygen atoms in total. The van der Waals surface area contributed by atoms with Crippen molar-refractivity contribution >= 4 is 51.7 Å². The highest BCUT2D eigenvalue weighted by Crippen LogP contribution is 2.33. The van der Waals surface area contributed by atoms with Crippen LogP contribution in [-0.4, -0.2) is 65.8 Å². The number of halogens is 2. The van der Waals surface area contributed by atoms with Gasteiger partial charge in [-0.05, 0) is 61.0 Å². The largest absolute Gasteiger partial charge is 0.494 e. The summed E-state index contributed by atoms with van der Waals surface area (Å²) in [4.78, 5) is 41.6. The molecule has 1 aromatic heterocycles. The molecule has 2 heterocycles. The molecule has 1 unspecified atom stereocenters. The second kappa shape index (κ2) is 14.1. The van der Waals surface area contributed by atoms with Crippen LogP contribution in [0, 0.1) is 5.92 Å².